The van der Waals surface area contributed by atoms with E-state index >= 15 is 0 Å². The number of rotatable bonds is 3. The van der Waals surface area contributed by atoms with Crippen molar-refractivity contribution in [1.82, 2.24) is 4.98 Å². The number of hydrogen-bond donors (Lipinski definition) is 2. The van der Waals surface area contributed by atoms with E-state index in [4.69, 9.17) is 5.11 Å². The Kier molecular flexibility index (Phi) is 1.95. The van der Waals surface area contributed by atoms with Crippen LogP contribution in [0.3, 0.4) is 0 Å². The summed E-state index contributed by atoms with van der Waals surface area (Å²) in [5.74, 6) is -0.769. The molecule has 0 aliphatic heterocycles. The summed E-state index contributed by atoms with van der Waals surface area (Å²) in [6.45, 7) is 0. The van der Waals surface area contributed by atoms with Crippen molar-refractivity contribution in [1.29, 1.82) is 0 Å². The van der Waals surface area contributed by atoms with E-state index in [1.54, 1.807) is 6.20 Å². The van der Waals surface area contributed by atoms with Crippen LogP contribution in [0.15, 0.2) is 11.6 Å². The molecule has 0 spiro atoms. The zero-order chi connectivity index (χ0) is 9.31. The molecule has 13 heavy (non-hydrogen) atoms. The van der Waals surface area contributed by atoms with Gasteiger partial charge in [-0.1, -0.05) is 0 Å². The lowest BCUT2D eigenvalue weighted by Gasteiger charge is -2.38. The minimum atomic E-state index is -0.769. The van der Waals surface area contributed by atoms with Gasteiger partial charge < -0.3 is 10.4 Å². The third-order valence-electron chi connectivity index (χ3n) is 2.40. The Hall–Kier alpha value is -1.10. The number of carboxylic acid groups (broad SMARTS) is 1. The summed E-state index contributed by atoms with van der Waals surface area (Å²) in [6, 6.07) is 0. The van der Waals surface area contributed by atoms with Gasteiger partial charge in [-0.05, 0) is 19.3 Å². The maximum Gasteiger partial charge on any atom is 0.329 e. The molecule has 1 aromatic rings. The summed E-state index contributed by atoms with van der Waals surface area (Å²) in [5, 5.41) is 14.5. The lowest BCUT2D eigenvalue weighted by molar-refractivity contribution is -0.145. The van der Waals surface area contributed by atoms with Gasteiger partial charge in [0.25, 0.3) is 0 Å². The van der Waals surface area contributed by atoms with Gasteiger partial charge in [0.2, 0.25) is 0 Å². The number of nitrogens with one attached hydrogen (secondary N) is 1. The molecule has 1 saturated carbocycles. The quantitative estimate of drug-likeness (QED) is 0.773. The minimum absolute atomic E-state index is 0.696. The SMILES string of the molecule is O=C(O)C1(Nc2nccs2)CCC1. The van der Waals surface area contributed by atoms with Crippen LogP contribution in [-0.4, -0.2) is 21.6 Å². The van der Waals surface area contributed by atoms with Gasteiger partial charge in [0.05, 0.1) is 0 Å². The molecule has 0 saturated heterocycles. The fourth-order valence-corrected chi connectivity index (χ4v) is 2.04. The van der Waals surface area contributed by atoms with Crippen LogP contribution in [0.2, 0.25) is 0 Å². The molecule has 0 bridgehead atoms. The number of thiazole rings is 1. The molecule has 1 aromatic heterocycles. The van der Waals surface area contributed by atoms with Gasteiger partial charge in [0.15, 0.2) is 5.13 Å². The molecule has 4 nitrogen and oxygen atoms in total. The fraction of sp³-hybridized carbons (Fsp3) is 0.500. The van der Waals surface area contributed by atoms with E-state index < -0.39 is 11.5 Å². The van der Waals surface area contributed by atoms with Crippen LogP contribution < -0.4 is 5.32 Å². The van der Waals surface area contributed by atoms with Crippen LogP contribution >= 0.6 is 11.3 Å². The molecule has 0 aromatic carbocycles. The second-order valence-electron chi connectivity index (χ2n) is 3.20. The van der Waals surface area contributed by atoms with Gasteiger partial charge in [0.1, 0.15) is 5.54 Å². The van der Waals surface area contributed by atoms with E-state index in [-0.39, 0.29) is 0 Å². The predicted octanol–water partition coefficient (Wildman–Crippen LogP) is 1.56. The van der Waals surface area contributed by atoms with Gasteiger partial charge in [-0.3, -0.25) is 0 Å². The van der Waals surface area contributed by atoms with Gasteiger partial charge in [-0.25, -0.2) is 9.78 Å². The van der Waals surface area contributed by atoms with E-state index in [1.807, 2.05) is 5.38 Å². The predicted molar refractivity (Wildman–Crippen MR) is 50.0 cm³/mol. The van der Waals surface area contributed by atoms with Crippen LogP contribution in [0.5, 0.6) is 0 Å². The van der Waals surface area contributed by atoms with E-state index in [0.29, 0.717) is 18.0 Å². The van der Waals surface area contributed by atoms with Gasteiger partial charge in [0, 0.05) is 11.6 Å². The fourth-order valence-electron chi connectivity index (χ4n) is 1.41. The molecule has 0 radical (unpaired) electrons. The molecule has 1 heterocycles. The smallest absolute Gasteiger partial charge is 0.329 e. The molecular weight excluding hydrogens is 188 g/mol. The molecule has 1 fully saturated rings. The molecule has 0 unspecified atom stereocenters. The van der Waals surface area contributed by atoms with Crippen LogP contribution in [-0.2, 0) is 4.79 Å². The van der Waals surface area contributed by atoms with E-state index in [0.717, 1.165) is 6.42 Å². The third kappa shape index (κ3) is 1.39. The summed E-state index contributed by atoms with van der Waals surface area (Å²) < 4.78 is 0. The molecular formula is C8H10N2O2S. The van der Waals surface area contributed by atoms with Crippen LogP contribution in [0.4, 0.5) is 5.13 Å². The number of anilines is 1. The second kappa shape index (κ2) is 2.99. The Bertz CT molecular complexity index is 306. The molecule has 5 heteroatoms. The van der Waals surface area contributed by atoms with Crippen LogP contribution in [0, 0.1) is 0 Å². The molecule has 0 atom stereocenters. The van der Waals surface area contributed by atoms with Crippen molar-refractivity contribution in [3.05, 3.63) is 11.6 Å². The highest BCUT2D eigenvalue weighted by Gasteiger charge is 2.44. The van der Waals surface area contributed by atoms with Gasteiger partial charge >= 0.3 is 5.97 Å². The molecule has 2 rings (SSSR count). The Morgan fingerprint density at radius 3 is 2.85 bits per heavy atom. The molecule has 0 amide bonds. The van der Waals surface area contributed by atoms with Crippen molar-refractivity contribution in [3.8, 4) is 0 Å². The molecule has 1 aliphatic rings. The van der Waals surface area contributed by atoms with Crippen LogP contribution in [0.1, 0.15) is 19.3 Å². The lowest BCUT2D eigenvalue weighted by atomic mass is 9.77. The highest BCUT2D eigenvalue weighted by atomic mass is 32.1. The number of aliphatic carboxylic acids is 1. The van der Waals surface area contributed by atoms with Crippen LogP contribution in [0.25, 0.3) is 0 Å². The van der Waals surface area contributed by atoms with Gasteiger partial charge in [-0.15, -0.1) is 11.3 Å². The van der Waals surface area contributed by atoms with Crippen molar-refractivity contribution >= 4 is 22.4 Å². The van der Waals surface area contributed by atoms with Crippen molar-refractivity contribution in [2.24, 2.45) is 0 Å². The maximum atomic E-state index is 10.9. The average molecular weight is 198 g/mol. The summed E-state index contributed by atoms with van der Waals surface area (Å²) in [4.78, 5) is 15.0. The summed E-state index contributed by atoms with van der Waals surface area (Å²) in [5.41, 5.74) is -0.738. The highest BCUT2D eigenvalue weighted by Crippen LogP contribution is 2.35. The first-order chi connectivity index (χ1) is 6.23. The number of carbonyl (C=O) groups is 1. The van der Waals surface area contributed by atoms with E-state index in [1.165, 1.54) is 11.3 Å². The number of nitrogens with zero attached hydrogens (tertiary/aromatic N) is 1. The minimum Gasteiger partial charge on any atom is -0.480 e. The summed E-state index contributed by atoms with van der Waals surface area (Å²) in [7, 11) is 0. The Morgan fingerprint density at radius 2 is 2.46 bits per heavy atom. The van der Waals surface area contributed by atoms with E-state index in [2.05, 4.69) is 10.3 Å². The largest absolute Gasteiger partial charge is 0.480 e. The number of hydrogen-bond acceptors (Lipinski definition) is 4. The standard InChI is InChI=1S/C8H10N2O2S/c11-6(12)8(2-1-3-8)10-7-9-4-5-13-7/h4-5H,1-3H2,(H,9,10)(H,11,12). The topological polar surface area (TPSA) is 62.2 Å². The highest BCUT2D eigenvalue weighted by molar-refractivity contribution is 7.13. The summed E-state index contributed by atoms with van der Waals surface area (Å²) in [6.07, 6.45) is 4.04. The monoisotopic (exact) mass is 198 g/mol. The molecule has 2 N–H and O–H groups in total. The Morgan fingerprint density at radius 1 is 1.69 bits per heavy atom. The van der Waals surface area contributed by atoms with E-state index in [9.17, 15) is 4.79 Å². The Labute approximate surface area is 79.6 Å². The first-order valence-electron chi connectivity index (χ1n) is 4.14. The second-order valence-corrected chi connectivity index (χ2v) is 4.10. The number of carboxylic acids is 1. The first kappa shape index (κ1) is 8.50. The third-order valence-corrected chi connectivity index (χ3v) is 3.08. The van der Waals surface area contributed by atoms with Gasteiger partial charge in [-0.2, -0.15) is 0 Å². The summed E-state index contributed by atoms with van der Waals surface area (Å²) >= 11 is 1.43. The Balaban J connectivity index is 2.11. The average Bonchev–Trinajstić information content (AvgIpc) is 2.47. The zero-order valence-electron chi connectivity index (χ0n) is 6.99. The van der Waals surface area contributed by atoms with Crippen molar-refractivity contribution in [3.63, 3.8) is 0 Å². The van der Waals surface area contributed by atoms with Crippen molar-refractivity contribution in [2.75, 3.05) is 5.32 Å². The zero-order valence-corrected chi connectivity index (χ0v) is 7.80. The normalized spacial score (nSPS) is 19.1. The number of aromatic nitrogens is 1. The maximum absolute atomic E-state index is 10.9. The van der Waals surface area contributed by atoms with Crippen molar-refractivity contribution in [2.45, 2.75) is 24.8 Å². The lowest BCUT2D eigenvalue weighted by Crippen LogP contribution is -2.52. The molecule has 70 valence electrons. The molecule has 1 aliphatic carbocycles. The van der Waals surface area contributed by atoms with Crippen molar-refractivity contribution < 1.29 is 9.90 Å². The first-order valence-corrected chi connectivity index (χ1v) is 5.02.